The van der Waals surface area contributed by atoms with Crippen LogP contribution >= 0.6 is 0 Å². The van der Waals surface area contributed by atoms with Gasteiger partial charge < -0.3 is 9.80 Å². The van der Waals surface area contributed by atoms with Crippen LogP contribution in [0.15, 0.2) is 78.9 Å². The van der Waals surface area contributed by atoms with Gasteiger partial charge in [-0.25, -0.2) is 19.0 Å². The van der Waals surface area contributed by atoms with E-state index < -0.39 is 0 Å². The number of benzene rings is 3. The number of fused-ring (bicyclic) bond motifs is 1. The van der Waals surface area contributed by atoms with Crippen molar-refractivity contribution in [1.29, 1.82) is 0 Å². The predicted octanol–water partition coefficient (Wildman–Crippen LogP) is 5.51. The molecule has 5 aromatic rings. The minimum absolute atomic E-state index is 0.0807. The highest BCUT2D eigenvalue weighted by atomic mass is 19.1. The molecule has 0 aliphatic carbocycles. The van der Waals surface area contributed by atoms with Gasteiger partial charge in [0.1, 0.15) is 17.5 Å². The van der Waals surface area contributed by atoms with Crippen LogP contribution in [0.3, 0.4) is 0 Å². The highest BCUT2D eigenvalue weighted by molar-refractivity contribution is 5.94. The summed E-state index contributed by atoms with van der Waals surface area (Å²) in [6, 6.07) is 24.2. The van der Waals surface area contributed by atoms with E-state index in [4.69, 9.17) is 15.1 Å². The number of anilines is 1. The number of para-hydroxylation sites is 1. The molecule has 2 aromatic heterocycles. The third-order valence-electron chi connectivity index (χ3n) is 7.39. The highest BCUT2D eigenvalue weighted by Crippen LogP contribution is 2.30. The van der Waals surface area contributed by atoms with Crippen molar-refractivity contribution in [3.63, 3.8) is 0 Å². The highest BCUT2D eigenvalue weighted by Gasteiger charge is 2.25. The third-order valence-corrected chi connectivity index (χ3v) is 7.39. The summed E-state index contributed by atoms with van der Waals surface area (Å²) in [6.07, 6.45) is 1.39. The van der Waals surface area contributed by atoms with E-state index in [0.29, 0.717) is 31.6 Å². The fourth-order valence-corrected chi connectivity index (χ4v) is 5.26. The van der Waals surface area contributed by atoms with Gasteiger partial charge in [0.2, 0.25) is 0 Å². The zero-order chi connectivity index (χ0) is 27.6. The van der Waals surface area contributed by atoms with Crippen LogP contribution < -0.4 is 4.90 Å². The summed E-state index contributed by atoms with van der Waals surface area (Å²) < 4.78 is 15.3. The van der Waals surface area contributed by atoms with Gasteiger partial charge in [0.25, 0.3) is 5.91 Å². The Morgan fingerprint density at radius 1 is 0.850 bits per heavy atom. The average Bonchev–Trinajstić information content (AvgIpc) is 3.13. The number of rotatable bonds is 5. The van der Waals surface area contributed by atoms with Gasteiger partial charge in [-0.05, 0) is 62.2 Å². The van der Waals surface area contributed by atoms with Gasteiger partial charge in [0, 0.05) is 38.2 Å². The number of carbonyl (C=O) groups excluding carboxylic acids is 1. The van der Waals surface area contributed by atoms with E-state index in [2.05, 4.69) is 36.1 Å². The summed E-state index contributed by atoms with van der Waals surface area (Å²) in [5.41, 5.74) is 5.44. The van der Waals surface area contributed by atoms with Crippen LogP contribution in [-0.4, -0.2) is 56.7 Å². The third kappa shape index (κ3) is 5.17. The van der Waals surface area contributed by atoms with Crippen molar-refractivity contribution in [1.82, 2.24) is 24.6 Å². The summed E-state index contributed by atoms with van der Waals surface area (Å²) in [5, 5.41) is 5.81. The zero-order valence-electron chi connectivity index (χ0n) is 22.7. The van der Waals surface area contributed by atoms with Crippen molar-refractivity contribution in [2.45, 2.75) is 26.7 Å². The molecular weight excluding hydrogens is 503 g/mol. The Labute approximate surface area is 232 Å². The van der Waals surface area contributed by atoms with E-state index in [-0.39, 0.29) is 11.7 Å². The first kappa shape index (κ1) is 25.7. The van der Waals surface area contributed by atoms with Crippen molar-refractivity contribution < 1.29 is 9.18 Å². The number of hydrogen-bond donors (Lipinski definition) is 0. The van der Waals surface area contributed by atoms with Gasteiger partial charge in [-0.15, -0.1) is 0 Å². The van der Waals surface area contributed by atoms with Gasteiger partial charge in [-0.2, -0.15) is 5.10 Å². The number of aryl methyl sites for hydroxylation is 2. The Kier molecular flexibility index (Phi) is 6.99. The van der Waals surface area contributed by atoms with Gasteiger partial charge in [0.05, 0.1) is 16.8 Å². The lowest BCUT2D eigenvalue weighted by Crippen LogP contribution is -2.35. The lowest BCUT2D eigenvalue weighted by molar-refractivity contribution is 0.0767. The fraction of sp³-hybridized carbons (Fsp3) is 0.250. The molecule has 1 aliphatic heterocycles. The van der Waals surface area contributed by atoms with Crippen LogP contribution in [0, 0.1) is 19.7 Å². The first-order valence-electron chi connectivity index (χ1n) is 13.6. The molecule has 0 bridgehead atoms. The lowest BCUT2D eigenvalue weighted by Gasteiger charge is -2.24. The molecule has 3 aromatic carbocycles. The summed E-state index contributed by atoms with van der Waals surface area (Å²) >= 11 is 0. The maximum atomic E-state index is 13.4. The molecule has 6 rings (SSSR count). The monoisotopic (exact) mass is 534 g/mol. The molecule has 1 fully saturated rings. The molecule has 1 saturated heterocycles. The second-order valence-corrected chi connectivity index (χ2v) is 10.3. The summed E-state index contributed by atoms with van der Waals surface area (Å²) in [7, 11) is 0. The Morgan fingerprint density at radius 2 is 1.60 bits per heavy atom. The van der Waals surface area contributed by atoms with Crippen molar-refractivity contribution in [3.8, 4) is 5.69 Å². The molecule has 3 heterocycles. The van der Waals surface area contributed by atoms with Crippen LogP contribution in [0.25, 0.3) is 16.7 Å². The molecule has 40 heavy (non-hydrogen) atoms. The Balaban J connectivity index is 1.37. The van der Waals surface area contributed by atoms with Crippen molar-refractivity contribution in [2.75, 3.05) is 31.1 Å². The lowest BCUT2D eigenvalue weighted by atomic mass is 10.1. The second-order valence-electron chi connectivity index (χ2n) is 10.3. The quantitative estimate of drug-likeness (QED) is 0.297. The molecule has 7 nitrogen and oxygen atoms in total. The minimum Gasteiger partial charge on any atom is -0.354 e. The molecule has 0 N–H and O–H groups in total. The van der Waals surface area contributed by atoms with Crippen molar-refractivity contribution in [2.24, 2.45) is 0 Å². The van der Waals surface area contributed by atoms with Crippen molar-refractivity contribution in [3.05, 3.63) is 113 Å². The number of carbonyl (C=O) groups is 1. The van der Waals surface area contributed by atoms with E-state index in [1.54, 1.807) is 12.1 Å². The maximum absolute atomic E-state index is 13.4. The summed E-state index contributed by atoms with van der Waals surface area (Å²) in [6.45, 7) is 6.62. The summed E-state index contributed by atoms with van der Waals surface area (Å²) in [4.78, 5) is 27.4. The molecule has 8 heteroatoms. The van der Waals surface area contributed by atoms with Crippen LogP contribution in [-0.2, 0) is 6.42 Å². The average molecular weight is 535 g/mol. The zero-order valence-corrected chi connectivity index (χ0v) is 22.7. The predicted molar refractivity (Wildman–Crippen MR) is 155 cm³/mol. The standard InChI is InChI=1S/C32H31FN6O/c1-22-9-11-24(12-10-22)21-28-34-30(29-23(2)36-39(31(29)35-28)27-7-4-3-5-8-27)37-17-6-18-38(20-19-37)32(40)25-13-15-26(33)16-14-25/h3-5,7-16H,6,17-21H2,1-2H3. The van der Waals surface area contributed by atoms with Crippen LogP contribution in [0.2, 0.25) is 0 Å². The summed E-state index contributed by atoms with van der Waals surface area (Å²) in [5.74, 6) is 1.15. The topological polar surface area (TPSA) is 67.2 Å². The number of halogens is 1. The van der Waals surface area contributed by atoms with Crippen molar-refractivity contribution >= 4 is 22.8 Å². The first-order valence-corrected chi connectivity index (χ1v) is 13.6. The molecule has 0 saturated carbocycles. The molecular formula is C32H31FN6O. The molecule has 1 aliphatic rings. The molecule has 1 amide bonds. The Hall–Kier alpha value is -4.59. The number of hydrogen-bond acceptors (Lipinski definition) is 5. The number of nitrogens with zero attached hydrogens (tertiary/aromatic N) is 6. The maximum Gasteiger partial charge on any atom is 0.253 e. The van der Waals surface area contributed by atoms with Gasteiger partial charge >= 0.3 is 0 Å². The van der Waals surface area contributed by atoms with E-state index in [0.717, 1.165) is 52.6 Å². The second kappa shape index (κ2) is 10.9. The van der Waals surface area contributed by atoms with Crippen LogP contribution in [0.1, 0.15) is 39.4 Å². The van der Waals surface area contributed by atoms with Gasteiger partial charge in [-0.1, -0.05) is 48.0 Å². The Morgan fingerprint density at radius 3 is 2.35 bits per heavy atom. The molecule has 0 radical (unpaired) electrons. The normalized spacial score (nSPS) is 14.0. The number of amides is 1. The molecule has 0 atom stereocenters. The van der Waals surface area contributed by atoms with E-state index in [1.165, 1.54) is 17.7 Å². The SMILES string of the molecule is Cc1ccc(Cc2nc(N3CCCN(C(=O)c4ccc(F)cc4)CC3)c3c(C)nn(-c4ccccc4)c3n2)cc1. The number of aromatic nitrogens is 4. The first-order chi connectivity index (χ1) is 19.5. The Bertz CT molecular complexity index is 1650. The molecule has 0 spiro atoms. The fourth-order valence-electron chi connectivity index (χ4n) is 5.26. The van der Waals surface area contributed by atoms with Gasteiger partial charge in [0.15, 0.2) is 5.65 Å². The van der Waals surface area contributed by atoms with Gasteiger partial charge in [-0.3, -0.25) is 4.79 Å². The minimum atomic E-state index is -0.348. The van der Waals surface area contributed by atoms with E-state index in [1.807, 2.05) is 46.8 Å². The van der Waals surface area contributed by atoms with Crippen LogP contribution in [0.4, 0.5) is 10.2 Å². The van der Waals surface area contributed by atoms with E-state index in [9.17, 15) is 9.18 Å². The van der Waals surface area contributed by atoms with Crippen LogP contribution in [0.5, 0.6) is 0 Å². The largest absolute Gasteiger partial charge is 0.354 e. The molecule has 0 unspecified atom stereocenters. The smallest absolute Gasteiger partial charge is 0.253 e. The molecule has 202 valence electrons. The van der Waals surface area contributed by atoms with E-state index >= 15 is 0 Å².